The van der Waals surface area contributed by atoms with E-state index in [1.165, 1.54) is 6.07 Å². The smallest absolute Gasteiger partial charge is 0.320 e. The molecule has 0 radical (unpaired) electrons. The summed E-state index contributed by atoms with van der Waals surface area (Å²) in [6.45, 7) is 2.80. The number of hydrogen-bond donors (Lipinski definition) is 2. The van der Waals surface area contributed by atoms with Gasteiger partial charge in [0.1, 0.15) is 5.69 Å². The molecule has 7 nitrogen and oxygen atoms in total. The van der Waals surface area contributed by atoms with E-state index in [0.717, 1.165) is 50.9 Å². The Balaban J connectivity index is 1.06. The van der Waals surface area contributed by atoms with Crippen LogP contribution < -0.4 is 5.32 Å². The topological polar surface area (TPSA) is 81.3 Å². The monoisotopic (exact) mass is 393 g/mol. The number of alkyl halides is 2. The summed E-state index contributed by atoms with van der Waals surface area (Å²) in [5.74, 6) is 0.563. The number of piperidine rings is 1. The van der Waals surface area contributed by atoms with E-state index in [0.29, 0.717) is 25.4 Å². The summed E-state index contributed by atoms with van der Waals surface area (Å²) in [6.07, 6.45) is 2.70. The Morgan fingerprint density at radius 1 is 1.25 bits per heavy atom. The second kappa shape index (κ2) is 6.15. The van der Waals surface area contributed by atoms with Gasteiger partial charge in [-0.25, -0.2) is 13.6 Å². The normalized spacial score (nSPS) is 25.5. The van der Waals surface area contributed by atoms with Gasteiger partial charge in [-0.3, -0.25) is 9.89 Å². The quantitative estimate of drug-likeness (QED) is 0.825. The Morgan fingerprint density at radius 3 is 2.61 bits per heavy atom. The molecular weight excluding hydrogens is 368 g/mol. The maximum absolute atomic E-state index is 12.6. The molecule has 0 unspecified atom stereocenters. The number of H-pyrrole nitrogens is 1. The van der Waals surface area contributed by atoms with Crippen molar-refractivity contribution in [2.45, 2.75) is 50.5 Å². The number of likely N-dealkylation sites (tertiary alicyclic amines) is 2. The highest BCUT2D eigenvalue weighted by molar-refractivity contribution is 5.80. The van der Waals surface area contributed by atoms with Gasteiger partial charge < -0.3 is 15.1 Å². The first-order valence-corrected chi connectivity index (χ1v) is 10.0. The predicted octanol–water partition coefficient (Wildman–Crippen LogP) is 2.08. The molecule has 2 spiro atoms. The highest BCUT2D eigenvalue weighted by Crippen LogP contribution is 2.53. The Morgan fingerprint density at radius 2 is 1.96 bits per heavy atom. The average molecular weight is 393 g/mol. The van der Waals surface area contributed by atoms with Crippen molar-refractivity contribution >= 4 is 11.9 Å². The van der Waals surface area contributed by atoms with Gasteiger partial charge in [0.25, 0.3) is 6.43 Å². The number of amides is 3. The minimum Gasteiger partial charge on any atom is -0.347 e. The zero-order chi connectivity index (χ0) is 19.5. The van der Waals surface area contributed by atoms with Crippen LogP contribution >= 0.6 is 0 Å². The number of carbonyl (C=O) groups excluding carboxylic acids is 2. The number of hydrogen-bond acceptors (Lipinski definition) is 3. The number of halogens is 2. The molecule has 3 saturated heterocycles. The molecule has 1 aromatic heterocycles. The lowest BCUT2D eigenvalue weighted by Crippen LogP contribution is -2.75. The van der Waals surface area contributed by atoms with Crippen LogP contribution in [0.2, 0.25) is 0 Å². The van der Waals surface area contributed by atoms with Crippen LogP contribution in [0.25, 0.3) is 0 Å². The molecule has 4 fully saturated rings. The third-order valence-electron chi connectivity index (χ3n) is 6.87. The predicted molar refractivity (Wildman–Crippen MR) is 95.7 cm³/mol. The fourth-order valence-corrected chi connectivity index (χ4v) is 5.64. The third kappa shape index (κ3) is 2.95. The summed E-state index contributed by atoms with van der Waals surface area (Å²) >= 11 is 0. The van der Waals surface area contributed by atoms with E-state index in [1.54, 1.807) is 0 Å². The lowest BCUT2D eigenvalue weighted by molar-refractivity contribution is -0.128. The second-order valence-corrected chi connectivity index (χ2v) is 9.27. The molecule has 28 heavy (non-hydrogen) atoms. The van der Waals surface area contributed by atoms with Gasteiger partial charge >= 0.3 is 6.03 Å². The second-order valence-electron chi connectivity index (χ2n) is 9.27. The molecule has 0 aromatic carbocycles. The van der Waals surface area contributed by atoms with Crippen molar-refractivity contribution in [2.75, 3.05) is 26.2 Å². The van der Waals surface area contributed by atoms with Gasteiger partial charge in [0.2, 0.25) is 5.91 Å². The van der Waals surface area contributed by atoms with E-state index in [4.69, 9.17) is 0 Å². The fourth-order valence-electron chi connectivity index (χ4n) is 5.64. The molecule has 1 aromatic rings. The van der Waals surface area contributed by atoms with Crippen molar-refractivity contribution in [2.24, 2.45) is 11.3 Å². The van der Waals surface area contributed by atoms with Crippen LogP contribution in [0.1, 0.15) is 49.9 Å². The maximum atomic E-state index is 12.6. The molecule has 4 aliphatic rings. The van der Waals surface area contributed by atoms with Crippen LogP contribution in [-0.4, -0.2) is 63.7 Å². The van der Waals surface area contributed by atoms with E-state index in [1.807, 2.05) is 9.80 Å². The van der Waals surface area contributed by atoms with Crippen molar-refractivity contribution in [1.82, 2.24) is 25.3 Å². The van der Waals surface area contributed by atoms with Crippen LogP contribution in [0.3, 0.4) is 0 Å². The van der Waals surface area contributed by atoms with Crippen LogP contribution in [0.5, 0.6) is 0 Å². The molecule has 1 aliphatic carbocycles. The van der Waals surface area contributed by atoms with Gasteiger partial charge in [0.15, 0.2) is 0 Å². The summed E-state index contributed by atoms with van der Waals surface area (Å²) in [5, 5.41) is 9.42. The Hall–Kier alpha value is -2.19. The van der Waals surface area contributed by atoms with Gasteiger partial charge in [0, 0.05) is 43.7 Å². The maximum Gasteiger partial charge on any atom is 0.320 e. The lowest BCUT2D eigenvalue weighted by Gasteiger charge is -2.61. The largest absolute Gasteiger partial charge is 0.347 e. The molecule has 152 valence electrons. The Kier molecular flexibility index (Phi) is 3.93. The summed E-state index contributed by atoms with van der Waals surface area (Å²) in [5.41, 5.74) is 0.609. The standard InChI is InChI=1S/C19H25F2N5O2/c20-16(21)14-5-13(23-24-14)4-12-6-18(7-12)8-25(9-18)17(28)26-10-19(11-26)3-1-2-15(27)22-19/h5,12,16H,1-4,6-11H2,(H,22,27)(H,23,24). The minimum atomic E-state index is -2.54. The van der Waals surface area contributed by atoms with Crippen molar-refractivity contribution < 1.29 is 18.4 Å². The summed E-state index contributed by atoms with van der Waals surface area (Å²) in [4.78, 5) is 28.0. The zero-order valence-electron chi connectivity index (χ0n) is 15.7. The van der Waals surface area contributed by atoms with Crippen molar-refractivity contribution in [3.05, 3.63) is 17.5 Å². The van der Waals surface area contributed by atoms with Crippen molar-refractivity contribution in [3.63, 3.8) is 0 Å². The molecule has 2 N–H and O–H groups in total. The first kappa shape index (κ1) is 17.9. The zero-order valence-corrected chi connectivity index (χ0v) is 15.7. The minimum absolute atomic E-state index is 0.0784. The molecule has 0 bridgehead atoms. The average Bonchev–Trinajstić information content (AvgIpc) is 3.02. The molecule has 3 amide bonds. The number of nitrogens with zero attached hydrogens (tertiary/aromatic N) is 3. The number of carbonyl (C=O) groups is 2. The van der Waals surface area contributed by atoms with E-state index in [-0.39, 0.29) is 28.6 Å². The van der Waals surface area contributed by atoms with Gasteiger partial charge in [0.05, 0.1) is 5.54 Å². The van der Waals surface area contributed by atoms with E-state index in [9.17, 15) is 18.4 Å². The molecule has 9 heteroatoms. The number of aromatic nitrogens is 2. The molecule has 1 saturated carbocycles. The van der Waals surface area contributed by atoms with Crippen LogP contribution in [0.4, 0.5) is 13.6 Å². The lowest BCUT2D eigenvalue weighted by atomic mass is 9.57. The first-order valence-electron chi connectivity index (χ1n) is 10.0. The van der Waals surface area contributed by atoms with Gasteiger partial charge in [-0.1, -0.05) is 0 Å². The van der Waals surface area contributed by atoms with Crippen LogP contribution in [-0.2, 0) is 11.2 Å². The highest BCUT2D eigenvalue weighted by Gasteiger charge is 2.56. The van der Waals surface area contributed by atoms with Crippen molar-refractivity contribution in [1.29, 1.82) is 0 Å². The summed E-state index contributed by atoms with van der Waals surface area (Å²) in [7, 11) is 0. The van der Waals surface area contributed by atoms with Gasteiger partial charge in [-0.05, 0) is 44.1 Å². The van der Waals surface area contributed by atoms with E-state index >= 15 is 0 Å². The van der Waals surface area contributed by atoms with Gasteiger partial charge in [-0.15, -0.1) is 0 Å². The SMILES string of the molecule is O=C1CCCC2(CN(C(=O)N3CC4(CC(Cc5cc(C(F)F)n[nH]5)C4)C3)C2)N1. The summed E-state index contributed by atoms with van der Waals surface area (Å²) in [6, 6.07) is 1.53. The number of rotatable bonds is 3. The summed E-state index contributed by atoms with van der Waals surface area (Å²) < 4.78 is 25.2. The molecule has 0 atom stereocenters. The highest BCUT2D eigenvalue weighted by atomic mass is 19.3. The first-order chi connectivity index (χ1) is 13.4. The molecule has 3 aliphatic heterocycles. The third-order valence-corrected chi connectivity index (χ3v) is 6.87. The Labute approximate surface area is 161 Å². The molecule has 5 rings (SSSR count). The van der Waals surface area contributed by atoms with E-state index < -0.39 is 6.43 Å². The van der Waals surface area contributed by atoms with Gasteiger partial charge in [-0.2, -0.15) is 5.10 Å². The Bertz CT molecular complexity index is 790. The number of aromatic amines is 1. The fraction of sp³-hybridized carbons (Fsp3) is 0.737. The number of nitrogens with one attached hydrogen (secondary N) is 2. The van der Waals surface area contributed by atoms with E-state index in [2.05, 4.69) is 15.5 Å². The molecular formula is C19H25F2N5O2. The molecule has 4 heterocycles. The van der Waals surface area contributed by atoms with Crippen LogP contribution in [0, 0.1) is 11.3 Å². The van der Waals surface area contributed by atoms with Crippen molar-refractivity contribution in [3.8, 4) is 0 Å². The number of urea groups is 1. The van der Waals surface area contributed by atoms with Crippen LogP contribution in [0.15, 0.2) is 6.07 Å².